The zero-order valence-corrected chi connectivity index (χ0v) is 15.4. The number of hydrogen-bond acceptors (Lipinski definition) is 4. The van der Waals surface area contributed by atoms with E-state index in [1.165, 1.54) is 6.07 Å². The molecule has 27 heavy (non-hydrogen) atoms. The summed E-state index contributed by atoms with van der Waals surface area (Å²) in [7, 11) is 0. The first-order valence-corrected chi connectivity index (χ1v) is 9.25. The fourth-order valence-electron chi connectivity index (χ4n) is 3.65. The number of fused-ring (bicyclic) bond motifs is 1. The topological polar surface area (TPSA) is 41.0 Å². The number of rotatable bonds is 3. The van der Waals surface area contributed by atoms with E-state index in [0.29, 0.717) is 22.9 Å². The number of nitrogens with zero attached hydrogens (tertiary/aromatic N) is 3. The monoisotopic (exact) mass is 368 g/mol. The number of benzene rings is 2. The van der Waals surface area contributed by atoms with Crippen molar-refractivity contribution >= 4 is 16.9 Å². The average Bonchev–Trinajstić information content (AvgIpc) is 2.69. The summed E-state index contributed by atoms with van der Waals surface area (Å²) < 4.78 is 28.4. The van der Waals surface area contributed by atoms with E-state index in [1.807, 2.05) is 24.3 Å². The van der Waals surface area contributed by atoms with E-state index in [9.17, 15) is 8.78 Å². The van der Waals surface area contributed by atoms with Crippen LogP contribution in [0, 0.1) is 17.6 Å². The normalized spacial score (nSPS) is 17.7. The van der Waals surface area contributed by atoms with Crippen LogP contribution in [-0.4, -0.2) is 35.6 Å². The molecule has 1 atom stereocenters. The van der Waals surface area contributed by atoms with Gasteiger partial charge in [-0.1, -0.05) is 38.1 Å². The molecule has 0 bridgehead atoms. The van der Waals surface area contributed by atoms with Crippen LogP contribution in [0.25, 0.3) is 22.2 Å². The minimum atomic E-state index is -0.881. The van der Waals surface area contributed by atoms with E-state index in [2.05, 4.69) is 24.1 Å². The number of aromatic nitrogens is 2. The smallest absolute Gasteiger partial charge is 0.226 e. The Hall–Kier alpha value is -2.60. The first-order valence-electron chi connectivity index (χ1n) is 9.25. The highest BCUT2D eigenvalue weighted by molar-refractivity contribution is 5.93. The fraction of sp³-hybridized carbons (Fsp3) is 0.333. The number of nitrogens with one attached hydrogen (secondary N) is 1. The second-order valence-electron chi connectivity index (χ2n) is 7.20. The second kappa shape index (κ2) is 7.19. The summed E-state index contributed by atoms with van der Waals surface area (Å²) in [4.78, 5) is 11.6. The molecule has 0 aliphatic carbocycles. The van der Waals surface area contributed by atoms with Crippen molar-refractivity contribution in [2.75, 3.05) is 24.5 Å². The third kappa shape index (κ3) is 3.25. The number of piperazine rings is 1. The third-order valence-corrected chi connectivity index (χ3v) is 5.11. The molecule has 4 nitrogen and oxygen atoms in total. The van der Waals surface area contributed by atoms with Crippen LogP contribution in [0.4, 0.5) is 14.7 Å². The maximum Gasteiger partial charge on any atom is 0.226 e. The molecular weight excluding hydrogens is 346 g/mol. The van der Waals surface area contributed by atoms with Crippen molar-refractivity contribution in [2.45, 2.75) is 19.9 Å². The average molecular weight is 368 g/mol. The van der Waals surface area contributed by atoms with Crippen molar-refractivity contribution in [3.8, 4) is 11.3 Å². The van der Waals surface area contributed by atoms with Gasteiger partial charge < -0.3 is 10.2 Å². The van der Waals surface area contributed by atoms with Gasteiger partial charge >= 0.3 is 0 Å². The summed E-state index contributed by atoms with van der Waals surface area (Å²) in [5.74, 6) is -0.790. The van der Waals surface area contributed by atoms with Crippen molar-refractivity contribution < 1.29 is 8.78 Å². The molecule has 0 amide bonds. The summed E-state index contributed by atoms with van der Waals surface area (Å²) in [6, 6.07) is 11.9. The highest BCUT2D eigenvalue weighted by Crippen LogP contribution is 2.32. The van der Waals surface area contributed by atoms with Gasteiger partial charge in [0.15, 0.2) is 11.6 Å². The summed E-state index contributed by atoms with van der Waals surface area (Å²) in [5, 5.41) is 4.12. The molecule has 0 radical (unpaired) electrons. The maximum atomic E-state index is 14.5. The Morgan fingerprint density at radius 3 is 2.70 bits per heavy atom. The Morgan fingerprint density at radius 2 is 1.89 bits per heavy atom. The lowest BCUT2D eigenvalue weighted by atomic mass is 10.0. The van der Waals surface area contributed by atoms with Crippen LogP contribution in [0.2, 0.25) is 0 Å². The molecule has 1 aromatic heterocycles. The largest absolute Gasteiger partial charge is 0.335 e. The Balaban J connectivity index is 1.92. The molecule has 0 saturated carbocycles. The number of para-hydroxylation sites is 1. The number of hydrogen-bond donors (Lipinski definition) is 1. The number of anilines is 1. The van der Waals surface area contributed by atoms with E-state index in [0.717, 1.165) is 31.2 Å². The predicted octanol–water partition coefficient (Wildman–Crippen LogP) is 4.01. The van der Waals surface area contributed by atoms with Crippen LogP contribution >= 0.6 is 0 Å². The van der Waals surface area contributed by atoms with Crippen LogP contribution in [0.5, 0.6) is 0 Å². The molecular formula is C21H22F2N4. The van der Waals surface area contributed by atoms with Gasteiger partial charge in [-0.05, 0) is 24.1 Å². The van der Waals surface area contributed by atoms with Crippen LogP contribution in [-0.2, 0) is 0 Å². The van der Waals surface area contributed by atoms with Gasteiger partial charge in [-0.25, -0.2) is 18.7 Å². The maximum absolute atomic E-state index is 14.5. The van der Waals surface area contributed by atoms with Crippen molar-refractivity contribution in [1.29, 1.82) is 0 Å². The van der Waals surface area contributed by atoms with Gasteiger partial charge in [0.25, 0.3) is 0 Å². The Labute approximate surface area is 157 Å². The van der Waals surface area contributed by atoms with Crippen molar-refractivity contribution in [1.82, 2.24) is 15.3 Å². The highest BCUT2D eigenvalue weighted by Gasteiger charge is 2.28. The first kappa shape index (κ1) is 17.8. The molecule has 140 valence electrons. The van der Waals surface area contributed by atoms with E-state index in [1.54, 1.807) is 6.07 Å². The van der Waals surface area contributed by atoms with Crippen molar-refractivity contribution in [2.24, 2.45) is 5.92 Å². The van der Waals surface area contributed by atoms with Gasteiger partial charge in [-0.15, -0.1) is 0 Å². The second-order valence-corrected chi connectivity index (χ2v) is 7.20. The Bertz CT molecular complexity index is 974. The van der Waals surface area contributed by atoms with E-state index in [-0.39, 0.29) is 11.6 Å². The van der Waals surface area contributed by atoms with E-state index in [4.69, 9.17) is 9.97 Å². The Kier molecular flexibility index (Phi) is 4.74. The van der Waals surface area contributed by atoms with Crippen LogP contribution in [0.1, 0.15) is 13.8 Å². The lowest BCUT2D eigenvalue weighted by molar-refractivity contribution is 0.386. The molecule has 1 unspecified atom stereocenters. The summed E-state index contributed by atoms with van der Waals surface area (Å²) in [5.41, 5.74) is 1.31. The predicted molar refractivity (Wildman–Crippen MR) is 104 cm³/mol. The molecule has 4 rings (SSSR count). The van der Waals surface area contributed by atoms with Crippen LogP contribution < -0.4 is 10.2 Å². The van der Waals surface area contributed by atoms with Gasteiger partial charge in [0, 0.05) is 36.6 Å². The van der Waals surface area contributed by atoms with Gasteiger partial charge in [0.1, 0.15) is 0 Å². The SMILES string of the molecule is CC(C)C1CNCCN1c1nc(-c2cccc(F)c2F)c2ccccc2n1. The molecule has 1 fully saturated rings. The fourth-order valence-corrected chi connectivity index (χ4v) is 3.65. The van der Waals surface area contributed by atoms with Gasteiger partial charge in [-0.3, -0.25) is 0 Å². The lowest BCUT2D eigenvalue weighted by Crippen LogP contribution is -2.54. The number of halogens is 2. The minimum Gasteiger partial charge on any atom is -0.335 e. The lowest BCUT2D eigenvalue weighted by Gasteiger charge is -2.38. The van der Waals surface area contributed by atoms with Gasteiger partial charge in [-0.2, -0.15) is 0 Å². The van der Waals surface area contributed by atoms with E-state index < -0.39 is 11.6 Å². The van der Waals surface area contributed by atoms with Gasteiger partial charge in [0.2, 0.25) is 5.95 Å². The standard InChI is InChI=1S/C21H22F2N4/c1-13(2)18-12-24-10-11-27(18)21-25-17-9-4-3-6-14(17)20(26-21)15-7-5-8-16(22)19(15)23/h3-9,13,18,24H,10-12H2,1-2H3. The van der Waals surface area contributed by atoms with Gasteiger partial charge in [0.05, 0.1) is 11.2 Å². The molecule has 2 aromatic carbocycles. The summed E-state index contributed by atoms with van der Waals surface area (Å²) in [6.07, 6.45) is 0. The van der Waals surface area contributed by atoms with Crippen LogP contribution in [0.3, 0.4) is 0 Å². The molecule has 1 N–H and O–H groups in total. The quantitative estimate of drug-likeness (QED) is 0.758. The molecule has 0 spiro atoms. The van der Waals surface area contributed by atoms with Crippen molar-refractivity contribution in [3.05, 3.63) is 54.1 Å². The molecule has 2 heterocycles. The molecule has 3 aromatic rings. The molecule has 1 saturated heterocycles. The molecule has 1 aliphatic rings. The molecule has 6 heteroatoms. The van der Waals surface area contributed by atoms with E-state index >= 15 is 0 Å². The molecule has 1 aliphatic heterocycles. The Morgan fingerprint density at radius 1 is 1.07 bits per heavy atom. The summed E-state index contributed by atoms with van der Waals surface area (Å²) >= 11 is 0. The van der Waals surface area contributed by atoms with Crippen molar-refractivity contribution in [3.63, 3.8) is 0 Å². The van der Waals surface area contributed by atoms with Crippen LogP contribution in [0.15, 0.2) is 42.5 Å². The zero-order valence-electron chi connectivity index (χ0n) is 15.4. The first-order chi connectivity index (χ1) is 13.1. The minimum absolute atomic E-state index is 0.158. The summed E-state index contributed by atoms with van der Waals surface area (Å²) in [6.45, 7) is 6.78. The third-order valence-electron chi connectivity index (χ3n) is 5.11. The highest BCUT2D eigenvalue weighted by atomic mass is 19.2. The zero-order chi connectivity index (χ0) is 19.0.